The Balaban J connectivity index is 2.11. The summed E-state index contributed by atoms with van der Waals surface area (Å²) >= 11 is 0. The molecule has 3 rings (SSSR count). The summed E-state index contributed by atoms with van der Waals surface area (Å²) in [4.78, 5) is 12.5. The molecule has 1 unspecified atom stereocenters. The Hall–Kier alpha value is -2.62. The Kier molecular flexibility index (Phi) is 3.68. The van der Waals surface area contributed by atoms with Crippen molar-refractivity contribution in [2.75, 3.05) is 0 Å². The molecule has 1 N–H and O–H groups in total. The number of rotatable bonds is 1. The second-order valence-electron chi connectivity index (χ2n) is 6.58. The fourth-order valence-corrected chi connectivity index (χ4v) is 2.80. The van der Waals surface area contributed by atoms with Crippen molar-refractivity contribution in [3.05, 3.63) is 65.7 Å². The van der Waals surface area contributed by atoms with Gasteiger partial charge in [-0.25, -0.2) is 0 Å². The van der Waals surface area contributed by atoms with Gasteiger partial charge in [-0.3, -0.25) is 0 Å². The highest BCUT2D eigenvalue weighted by molar-refractivity contribution is 5.91. The predicted molar refractivity (Wildman–Crippen MR) is 88.5 cm³/mol. The molecule has 1 aliphatic heterocycles. The topological polar surface area (TPSA) is 49.5 Å². The van der Waals surface area contributed by atoms with Gasteiger partial charge in [0.25, 0.3) is 0 Å². The molecule has 2 aromatic rings. The standard InChI is InChI=1S/C19H19NO3/c1-19(2,3)23-18(22)20-15-12-8-7-11-14(15)16(17(20)21)13-9-5-4-6-10-13/h4-12,16H,1-3H3/p+1. The van der Waals surface area contributed by atoms with Gasteiger partial charge in [0.2, 0.25) is 5.69 Å². The number of hydrogen-bond acceptors (Lipinski definition) is 2. The highest BCUT2D eigenvalue weighted by atomic mass is 16.6. The van der Waals surface area contributed by atoms with Gasteiger partial charge in [0.05, 0.1) is 0 Å². The van der Waals surface area contributed by atoms with Crippen LogP contribution in [-0.4, -0.2) is 27.3 Å². The molecule has 0 bridgehead atoms. The van der Waals surface area contributed by atoms with E-state index in [0.29, 0.717) is 5.69 Å². The molecule has 1 aliphatic rings. The van der Waals surface area contributed by atoms with Crippen LogP contribution in [0.25, 0.3) is 0 Å². The summed E-state index contributed by atoms with van der Waals surface area (Å²) in [6, 6.07) is 17.1. The van der Waals surface area contributed by atoms with Crippen molar-refractivity contribution in [3.63, 3.8) is 0 Å². The number of carbonyl (C=O) groups excluding carboxylic acids is 1. The van der Waals surface area contributed by atoms with Crippen LogP contribution < -0.4 is 0 Å². The Bertz CT molecular complexity index is 773. The largest absolute Gasteiger partial charge is 0.605 e. The molecule has 0 radical (unpaired) electrons. The van der Waals surface area contributed by atoms with E-state index in [1.807, 2.05) is 54.6 Å². The number of aliphatic hydroxyl groups excluding tert-OH is 1. The van der Waals surface area contributed by atoms with Crippen LogP contribution in [0.1, 0.15) is 37.8 Å². The molecular weight excluding hydrogens is 290 g/mol. The zero-order valence-corrected chi connectivity index (χ0v) is 13.5. The number of fused-ring (bicyclic) bond motifs is 1. The van der Waals surface area contributed by atoms with Crippen molar-refractivity contribution < 1.29 is 19.2 Å². The highest BCUT2D eigenvalue weighted by Gasteiger charge is 2.46. The first-order valence-electron chi connectivity index (χ1n) is 7.61. The maximum absolute atomic E-state index is 12.5. The molecular formula is C19H20NO3+. The molecule has 1 heterocycles. The number of benzene rings is 2. The quantitative estimate of drug-likeness (QED) is 0.796. The second kappa shape index (κ2) is 5.54. The van der Waals surface area contributed by atoms with Crippen LogP contribution in [0.15, 0.2) is 54.6 Å². The average molecular weight is 310 g/mol. The van der Waals surface area contributed by atoms with Crippen LogP contribution in [0.2, 0.25) is 0 Å². The first kappa shape index (κ1) is 15.3. The molecule has 0 fully saturated rings. The average Bonchev–Trinajstić information content (AvgIpc) is 2.78. The summed E-state index contributed by atoms with van der Waals surface area (Å²) in [5, 5.41) is 10.7. The molecule has 1 amide bonds. The molecule has 1 atom stereocenters. The van der Waals surface area contributed by atoms with Gasteiger partial charge >= 0.3 is 12.0 Å². The number of nitrogens with zero attached hydrogens (tertiary/aromatic N) is 1. The number of para-hydroxylation sites is 1. The van der Waals surface area contributed by atoms with E-state index in [4.69, 9.17) is 4.74 Å². The predicted octanol–water partition coefficient (Wildman–Crippen LogP) is 4.37. The van der Waals surface area contributed by atoms with Gasteiger partial charge in [-0.15, -0.1) is 0 Å². The van der Waals surface area contributed by atoms with Crippen LogP contribution in [0.5, 0.6) is 0 Å². The van der Waals surface area contributed by atoms with Gasteiger partial charge < -0.3 is 9.84 Å². The van der Waals surface area contributed by atoms with E-state index in [-0.39, 0.29) is 11.8 Å². The van der Waals surface area contributed by atoms with Crippen LogP contribution in [0, 0.1) is 0 Å². The van der Waals surface area contributed by atoms with Gasteiger partial charge in [-0.05, 0) is 26.3 Å². The normalized spacial score (nSPS) is 17.1. The number of amides is 1. The maximum atomic E-state index is 12.5. The van der Waals surface area contributed by atoms with Gasteiger partial charge in [-0.1, -0.05) is 53.1 Å². The fourth-order valence-electron chi connectivity index (χ4n) is 2.80. The van der Waals surface area contributed by atoms with E-state index in [2.05, 4.69) is 0 Å². The summed E-state index contributed by atoms with van der Waals surface area (Å²) in [5.41, 5.74) is 1.86. The van der Waals surface area contributed by atoms with Crippen molar-refractivity contribution in [3.8, 4) is 0 Å². The Morgan fingerprint density at radius 2 is 1.65 bits per heavy atom. The minimum atomic E-state index is -0.628. The minimum absolute atomic E-state index is 0.0216. The van der Waals surface area contributed by atoms with E-state index >= 15 is 0 Å². The van der Waals surface area contributed by atoms with E-state index in [9.17, 15) is 9.90 Å². The van der Waals surface area contributed by atoms with Crippen LogP contribution in [0.3, 0.4) is 0 Å². The Labute approximate surface area is 135 Å². The van der Waals surface area contributed by atoms with Gasteiger partial charge in [0, 0.05) is 11.6 Å². The van der Waals surface area contributed by atoms with Crippen molar-refractivity contribution >= 4 is 17.7 Å². The molecule has 0 aliphatic carbocycles. The van der Waals surface area contributed by atoms with Gasteiger partial charge in [0.15, 0.2) is 0 Å². The van der Waals surface area contributed by atoms with Gasteiger partial charge in [-0.2, -0.15) is 4.79 Å². The molecule has 0 spiro atoms. The summed E-state index contributed by atoms with van der Waals surface area (Å²) in [5.74, 6) is -0.383. The van der Waals surface area contributed by atoms with Crippen LogP contribution in [-0.2, 0) is 4.74 Å². The number of hydrogen-bond donors (Lipinski definition) is 1. The van der Waals surface area contributed by atoms with E-state index < -0.39 is 11.7 Å². The third-order valence-electron chi connectivity index (χ3n) is 3.68. The minimum Gasteiger partial charge on any atom is -0.462 e. The van der Waals surface area contributed by atoms with Crippen LogP contribution >= 0.6 is 0 Å². The summed E-state index contributed by atoms with van der Waals surface area (Å²) in [6.07, 6.45) is -0.569. The van der Waals surface area contributed by atoms with Crippen molar-refractivity contribution in [2.45, 2.75) is 32.3 Å². The third-order valence-corrected chi connectivity index (χ3v) is 3.68. The smallest absolute Gasteiger partial charge is 0.462 e. The molecule has 0 aromatic heterocycles. The monoisotopic (exact) mass is 310 g/mol. The van der Waals surface area contributed by atoms with Crippen molar-refractivity contribution in [2.24, 2.45) is 0 Å². The first-order chi connectivity index (χ1) is 10.9. The number of carbonyl (C=O) groups is 1. The van der Waals surface area contributed by atoms with E-state index in [1.54, 1.807) is 20.8 Å². The maximum Gasteiger partial charge on any atom is 0.605 e. The Morgan fingerprint density at radius 3 is 2.30 bits per heavy atom. The lowest BCUT2D eigenvalue weighted by Gasteiger charge is -2.16. The molecule has 2 aromatic carbocycles. The third kappa shape index (κ3) is 2.84. The highest BCUT2D eigenvalue weighted by Crippen LogP contribution is 2.38. The summed E-state index contributed by atoms with van der Waals surface area (Å²) in [7, 11) is 0. The molecule has 118 valence electrons. The van der Waals surface area contributed by atoms with Crippen LogP contribution in [0.4, 0.5) is 10.5 Å². The van der Waals surface area contributed by atoms with Crippen molar-refractivity contribution in [1.29, 1.82) is 0 Å². The first-order valence-corrected chi connectivity index (χ1v) is 7.61. The fraction of sp³-hybridized carbons (Fsp3) is 0.263. The zero-order valence-electron chi connectivity index (χ0n) is 13.5. The van der Waals surface area contributed by atoms with Gasteiger partial charge in [0.1, 0.15) is 11.5 Å². The van der Waals surface area contributed by atoms with Crippen molar-refractivity contribution in [1.82, 2.24) is 0 Å². The summed E-state index contributed by atoms with van der Waals surface area (Å²) in [6.45, 7) is 5.41. The Morgan fingerprint density at radius 1 is 1.04 bits per heavy atom. The number of ether oxygens (including phenoxy) is 1. The summed E-state index contributed by atoms with van der Waals surface area (Å²) < 4.78 is 6.70. The molecule has 0 saturated heterocycles. The SMILES string of the molecule is CC(C)(C)OC(=O)[N+]1=C(O)C(c2ccccc2)c2ccccc21. The molecule has 4 nitrogen and oxygen atoms in total. The van der Waals surface area contributed by atoms with E-state index in [0.717, 1.165) is 11.1 Å². The lowest BCUT2D eigenvalue weighted by atomic mass is 9.92. The lowest BCUT2D eigenvalue weighted by molar-refractivity contribution is -0.370. The second-order valence-corrected chi connectivity index (χ2v) is 6.58. The lowest BCUT2D eigenvalue weighted by Crippen LogP contribution is -2.31. The molecule has 0 saturated carbocycles. The molecule has 23 heavy (non-hydrogen) atoms. The number of aliphatic hydroxyl groups is 1. The molecule has 4 heteroatoms. The zero-order chi connectivity index (χ0) is 16.6. The van der Waals surface area contributed by atoms with E-state index in [1.165, 1.54) is 4.58 Å².